The molecule has 0 saturated carbocycles. The van der Waals surface area contributed by atoms with E-state index in [1.807, 2.05) is 36.4 Å². The zero-order valence-corrected chi connectivity index (χ0v) is 13.3. The molecule has 6 nitrogen and oxygen atoms in total. The molecule has 2 N–H and O–H groups in total. The van der Waals surface area contributed by atoms with Crippen LogP contribution in [0.1, 0.15) is 5.76 Å². The average molecular weight is 336 g/mol. The van der Waals surface area contributed by atoms with Crippen LogP contribution >= 0.6 is 0 Å². The zero-order chi connectivity index (χ0) is 17.5. The minimum atomic E-state index is -0.476. The quantitative estimate of drug-likeness (QED) is 0.554. The van der Waals surface area contributed by atoms with Gasteiger partial charge in [-0.2, -0.15) is 0 Å². The smallest absolute Gasteiger partial charge is 0.276 e. The SMILES string of the molecule is O=C(/C=C/c1ccco1)NNC(=O)COc1ccc2ccccc2c1. The molecule has 1 aromatic heterocycles. The van der Waals surface area contributed by atoms with E-state index in [9.17, 15) is 9.59 Å². The van der Waals surface area contributed by atoms with Gasteiger partial charge in [-0.25, -0.2) is 0 Å². The Morgan fingerprint density at radius 2 is 1.84 bits per heavy atom. The van der Waals surface area contributed by atoms with Gasteiger partial charge in [0, 0.05) is 6.08 Å². The summed E-state index contributed by atoms with van der Waals surface area (Å²) in [5.74, 6) is 0.183. The first-order chi connectivity index (χ1) is 12.2. The molecule has 2 amide bonds. The van der Waals surface area contributed by atoms with Gasteiger partial charge in [0.15, 0.2) is 6.61 Å². The molecule has 0 radical (unpaired) electrons. The third-order valence-corrected chi connectivity index (χ3v) is 3.36. The average Bonchev–Trinajstić information content (AvgIpc) is 3.16. The maximum atomic E-state index is 11.7. The van der Waals surface area contributed by atoms with E-state index in [1.54, 1.807) is 18.2 Å². The normalized spacial score (nSPS) is 10.7. The summed E-state index contributed by atoms with van der Waals surface area (Å²) >= 11 is 0. The van der Waals surface area contributed by atoms with Crippen LogP contribution in [0, 0.1) is 0 Å². The second kappa shape index (κ2) is 7.83. The van der Waals surface area contributed by atoms with E-state index in [2.05, 4.69) is 10.9 Å². The number of carbonyl (C=O) groups excluding carboxylic acids is 2. The van der Waals surface area contributed by atoms with Crippen LogP contribution in [-0.2, 0) is 9.59 Å². The topological polar surface area (TPSA) is 80.6 Å². The lowest BCUT2D eigenvalue weighted by Gasteiger charge is -2.08. The molecule has 3 rings (SSSR count). The molecule has 0 aliphatic carbocycles. The van der Waals surface area contributed by atoms with Crippen LogP contribution in [0.3, 0.4) is 0 Å². The number of hydrogen-bond acceptors (Lipinski definition) is 4. The first kappa shape index (κ1) is 16.3. The van der Waals surface area contributed by atoms with Crippen LogP contribution in [0.15, 0.2) is 71.4 Å². The van der Waals surface area contributed by atoms with Gasteiger partial charge in [0.2, 0.25) is 0 Å². The van der Waals surface area contributed by atoms with Gasteiger partial charge < -0.3 is 9.15 Å². The zero-order valence-electron chi connectivity index (χ0n) is 13.3. The number of amides is 2. The van der Waals surface area contributed by atoms with Crippen molar-refractivity contribution in [3.63, 3.8) is 0 Å². The van der Waals surface area contributed by atoms with Gasteiger partial charge in [-0.05, 0) is 41.1 Å². The minimum absolute atomic E-state index is 0.208. The molecule has 0 saturated heterocycles. The maximum Gasteiger partial charge on any atom is 0.276 e. The molecule has 0 aliphatic rings. The van der Waals surface area contributed by atoms with E-state index in [0.717, 1.165) is 10.8 Å². The van der Waals surface area contributed by atoms with E-state index in [0.29, 0.717) is 11.5 Å². The van der Waals surface area contributed by atoms with Crippen LogP contribution in [0.5, 0.6) is 5.75 Å². The molecule has 2 aromatic carbocycles. The van der Waals surface area contributed by atoms with Gasteiger partial charge in [0.1, 0.15) is 11.5 Å². The molecule has 0 spiro atoms. The molecule has 3 aromatic rings. The monoisotopic (exact) mass is 336 g/mol. The standard InChI is InChI=1S/C19H16N2O4/c22-18(10-9-16-6-3-11-24-16)20-21-19(23)13-25-17-8-7-14-4-1-2-5-15(14)12-17/h1-12H,13H2,(H,20,22)(H,21,23)/b10-9+. The van der Waals surface area contributed by atoms with Crippen molar-refractivity contribution in [3.8, 4) is 5.75 Å². The Kier molecular flexibility index (Phi) is 5.11. The summed E-state index contributed by atoms with van der Waals surface area (Å²) < 4.78 is 10.5. The highest BCUT2D eigenvalue weighted by Gasteiger charge is 2.04. The summed E-state index contributed by atoms with van der Waals surface area (Å²) in [6, 6.07) is 16.8. The van der Waals surface area contributed by atoms with Crippen LogP contribution < -0.4 is 15.6 Å². The number of carbonyl (C=O) groups is 2. The predicted molar refractivity (Wildman–Crippen MR) is 93.5 cm³/mol. The van der Waals surface area contributed by atoms with Gasteiger partial charge in [-0.1, -0.05) is 30.3 Å². The van der Waals surface area contributed by atoms with Gasteiger partial charge in [0.05, 0.1) is 6.26 Å². The third-order valence-electron chi connectivity index (χ3n) is 3.36. The molecular formula is C19H16N2O4. The van der Waals surface area contributed by atoms with Crippen molar-refractivity contribution in [2.24, 2.45) is 0 Å². The maximum absolute atomic E-state index is 11.7. The molecule has 0 unspecified atom stereocenters. The molecule has 1 heterocycles. The summed E-state index contributed by atoms with van der Waals surface area (Å²) in [5, 5.41) is 2.12. The fraction of sp³-hybridized carbons (Fsp3) is 0.0526. The predicted octanol–water partition coefficient (Wildman–Crippen LogP) is 2.67. The lowest BCUT2D eigenvalue weighted by Crippen LogP contribution is -2.43. The second-order valence-corrected chi connectivity index (χ2v) is 5.18. The van der Waals surface area contributed by atoms with Crippen molar-refractivity contribution in [2.75, 3.05) is 6.61 Å². The Morgan fingerprint density at radius 3 is 2.64 bits per heavy atom. The van der Waals surface area contributed by atoms with Crippen molar-refractivity contribution in [1.82, 2.24) is 10.9 Å². The lowest BCUT2D eigenvalue weighted by atomic mass is 10.1. The highest BCUT2D eigenvalue weighted by atomic mass is 16.5. The number of hydrazine groups is 1. The van der Waals surface area contributed by atoms with Crippen molar-refractivity contribution >= 4 is 28.7 Å². The molecule has 0 bridgehead atoms. The van der Waals surface area contributed by atoms with Crippen LogP contribution in [-0.4, -0.2) is 18.4 Å². The Morgan fingerprint density at radius 1 is 1.00 bits per heavy atom. The number of ether oxygens (including phenoxy) is 1. The Balaban J connectivity index is 1.45. The van der Waals surface area contributed by atoms with Crippen LogP contribution in [0.25, 0.3) is 16.8 Å². The minimum Gasteiger partial charge on any atom is -0.484 e. The summed E-state index contributed by atoms with van der Waals surface area (Å²) in [6.07, 6.45) is 4.25. The fourth-order valence-corrected chi connectivity index (χ4v) is 2.16. The number of hydrogen-bond donors (Lipinski definition) is 2. The summed E-state index contributed by atoms with van der Waals surface area (Å²) in [4.78, 5) is 23.3. The summed E-state index contributed by atoms with van der Waals surface area (Å²) in [6.45, 7) is -0.208. The Labute approximate surface area is 144 Å². The number of rotatable bonds is 5. The molecule has 25 heavy (non-hydrogen) atoms. The molecule has 0 aliphatic heterocycles. The van der Waals surface area contributed by atoms with Crippen molar-refractivity contribution < 1.29 is 18.7 Å². The van der Waals surface area contributed by atoms with E-state index in [1.165, 1.54) is 18.4 Å². The Bertz CT molecular complexity index is 901. The molecule has 0 fully saturated rings. The van der Waals surface area contributed by atoms with Gasteiger partial charge in [0.25, 0.3) is 11.8 Å². The van der Waals surface area contributed by atoms with Crippen molar-refractivity contribution in [3.05, 3.63) is 72.7 Å². The number of nitrogens with one attached hydrogen (secondary N) is 2. The van der Waals surface area contributed by atoms with Gasteiger partial charge >= 0.3 is 0 Å². The number of benzene rings is 2. The first-order valence-corrected chi connectivity index (χ1v) is 7.63. The molecule has 0 atom stereocenters. The number of fused-ring (bicyclic) bond motifs is 1. The number of furan rings is 1. The molecule has 126 valence electrons. The molecular weight excluding hydrogens is 320 g/mol. The summed E-state index contributed by atoms with van der Waals surface area (Å²) in [5.41, 5.74) is 4.54. The Hall–Kier alpha value is -3.54. The van der Waals surface area contributed by atoms with E-state index < -0.39 is 11.8 Å². The third kappa shape index (κ3) is 4.71. The fourth-order valence-electron chi connectivity index (χ4n) is 2.16. The van der Waals surface area contributed by atoms with Gasteiger partial charge in [-0.15, -0.1) is 0 Å². The largest absolute Gasteiger partial charge is 0.484 e. The highest BCUT2D eigenvalue weighted by Crippen LogP contribution is 2.20. The lowest BCUT2D eigenvalue weighted by molar-refractivity contribution is -0.128. The van der Waals surface area contributed by atoms with Crippen molar-refractivity contribution in [2.45, 2.75) is 0 Å². The highest BCUT2D eigenvalue weighted by molar-refractivity contribution is 5.93. The van der Waals surface area contributed by atoms with Gasteiger partial charge in [-0.3, -0.25) is 20.4 Å². The van der Waals surface area contributed by atoms with E-state index in [4.69, 9.17) is 9.15 Å². The second-order valence-electron chi connectivity index (χ2n) is 5.18. The van der Waals surface area contributed by atoms with E-state index in [-0.39, 0.29) is 6.61 Å². The van der Waals surface area contributed by atoms with Crippen LogP contribution in [0.2, 0.25) is 0 Å². The van der Waals surface area contributed by atoms with E-state index >= 15 is 0 Å². The molecule has 6 heteroatoms. The summed E-state index contributed by atoms with van der Waals surface area (Å²) in [7, 11) is 0. The van der Waals surface area contributed by atoms with Crippen molar-refractivity contribution in [1.29, 1.82) is 0 Å². The van der Waals surface area contributed by atoms with Crippen LogP contribution in [0.4, 0.5) is 0 Å². The first-order valence-electron chi connectivity index (χ1n) is 7.63.